The Morgan fingerprint density at radius 1 is 1.04 bits per heavy atom. The van der Waals surface area contributed by atoms with Crippen molar-refractivity contribution in [1.82, 2.24) is 4.72 Å². The molecule has 24 heavy (non-hydrogen) atoms. The first-order valence-electron chi connectivity index (χ1n) is 7.35. The van der Waals surface area contributed by atoms with Gasteiger partial charge in [0.15, 0.2) is 0 Å². The smallest absolute Gasteiger partial charge is 0.207 e. The molecule has 0 heterocycles. The zero-order valence-electron chi connectivity index (χ0n) is 13.3. The molecule has 0 fully saturated rings. The summed E-state index contributed by atoms with van der Waals surface area (Å²) in [5.41, 5.74) is 0.444. The lowest BCUT2D eigenvalue weighted by Crippen LogP contribution is -2.23. The summed E-state index contributed by atoms with van der Waals surface area (Å²) in [5, 5.41) is 0. The van der Waals surface area contributed by atoms with E-state index in [1.165, 1.54) is 24.3 Å². The Hall–Kier alpha value is -1.86. The lowest BCUT2D eigenvalue weighted by Gasteiger charge is -2.11. The molecule has 0 radical (unpaired) electrons. The zero-order valence-corrected chi connectivity index (χ0v) is 14.1. The molecule has 2 rings (SSSR count). The van der Waals surface area contributed by atoms with Gasteiger partial charge in [-0.05, 0) is 35.2 Å². The third-order valence-corrected chi connectivity index (χ3v) is 4.99. The Labute approximate surface area is 139 Å². The quantitative estimate of drug-likeness (QED) is 0.867. The predicted molar refractivity (Wildman–Crippen MR) is 86.0 cm³/mol. The molecular weight excluding hydrogens is 339 g/mol. The van der Waals surface area contributed by atoms with Crippen molar-refractivity contribution in [3.63, 3.8) is 0 Å². The second kappa shape index (κ2) is 6.94. The largest absolute Gasteiger partial charge is 0.416 e. The summed E-state index contributed by atoms with van der Waals surface area (Å²) in [4.78, 5) is 0.0823. The van der Waals surface area contributed by atoms with E-state index in [9.17, 15) is 21.6 Å². The number of halogens is 3. The van der Waals surface area contributed by atoms with Crippen molar-refractivity contribution in [3.05, 3.63) is 65.2 Å². The van der Waals surface area contributed by atoms with Crippen LogP contribution in [0.2, 0.25) is 0 Å². The number of hydrogen-bond donors (Lipinski definition) is 1. The number of alkyl halides is 3. The second-order valence-corrected chi connectivity index (χ2v) is 7.51. The van der Waals surface area contributed by atoms with Crippen LogP contribution < -0.4 is 4.72 Å². The molecule has 0 spiro atoms. The highest BCUT2D eigenvalue weighted by Gasteiger charge is 2.30. The number of nitrogens with one attached hydrogen (secondary N) is 1. The Balaban J connectivity index is 2.13. The molecule has 2 aromatic carbocycles. The highest BCUT2D eigenvalue weighted by Crippen LogP contribution is 2.29. The van der Waals surface area contributed by atoms with Crippen LogP contribution in [0.25, 0.3) is 0 Å². The van der Waals surface area contributed by atoms with E-state index in [0.717, 1.165) is 17.7 Å². The number of benzene rings is 2. The average Bonchev–Trinajstić information content (AvgIpc) is 2.52. The first-order valence-corrected chi connectivity index (χ1v) is 8.83. The fourth-order valence-corrected chi connectivity index (χ4v) is 3.17. The summed E-state index contributed by atoms with van der Waals surface area (Å²) in [6, 6.07) is 11.0. The van der Waals surface area contributed by atoms with Gasteiger partial charge in [-0.3, -0.25) is 0 Å². The lowest BCUT2D eigenvalue weighted by molar-refractivity contribution is -0.137. The van der Waals surface area contributed by atoms with Gasteiger partial charge in [0.2, 0.25) is 10.0 Å². The SMILES string of the molecule is CC(C)c1ccc(S(=O)(=O)NCc2cccc(C(F)(F)F)c2)cc1. The molecule has 0 saturated carbocycles. The molecule has 3 nitrogen and oxygen atoms in total. The Morgan fingerprint density at radius 2 is 1.67 bits per heavy atom. The van der Waals surface area contributed by atoms with E-state index in [2.05, 4.69) is 4.72 Å². The van der Waals surface area contributed by atoms with Crippen LogP contribution >= 0.6 is 0 Å². The average molecular weight is 357 g/mol. The monoisotopic (exact) mass is 357 g/mol. The summed E-state index contributed by atoms with van der Waals surface area (Å²) < 4.78 is 64.8. The normalized spacial score (nSPS) is 12.6. The molecule has 0 saturated heterocycles. The van der Waals surface area contributed by atoms with Gasteiger partial charge in [-0.2, -0.15) is 13.2 Å². The maximum atomic E-state index is 12.7. The first kappa shape index (κ1) is 18.5. The van der Waals surface area contributed by atoms with Gasteiger partial charge in [-0.15, -0.1) is 0 Å². The van der Waals surface area contributed by atoms with Crippen molar-refractivity contribution in [2.45, 2.75) is 37.4 Å². The van der Waals surface area contributed by atoms with Gasteiger partial charge < -0.3 is 0 Å². The maximum absolute atomic E-state index is 12.7. The van der Waals surface area contributed by atoms with E-state index in [1.54, 1.807) is 12.1 Å². The van der Waals surface area contributed by atoms with E-state index < -0.39 is 21.8 Å². The number of hydrogen-bond acceptors (Lipinski definition) is 2. The van der Waals surface area contributed by atoms with Crippen LogP contribution in [0.1, 0.15) is 36.5 Å². The number of sulfonamides is 1. The fraction of sp³-hybridized carbons (Fsp3) is 0.294. The van der Waals surface area contributed by atoms with Crippen LogP contribution in [0.4, 0.5) is 13.2 Å². The van der Waals surface area contributed by atoms with Crippen LogP contribution in [0, 0.1) is 0 Å². The minimum Gasteiger partial charge on any atom is -0.207 e. The van der Waals surface area contributed by atoms with E-state index >= 15 is 0 Å². The summed E-state index contributed by atoms with van der Waals surface area (Å²) in [7, 11) is -3.78. The molecule has 0 amide bonds. The molecule has 0 aromatic heterocycles. The van der Waals surface area contributed by atoms with Gasteiger partial charge in [-0.25, -0.2) is 13.1 Å². The molecule has 0 aliphatic carbocycles. The highest BCUT2D eigenvalue weighted by molar-refractivity contribution is 7.89. The third-order valence-electron chi connectivity index (χ3n) is 3.58. The minimum atomic E-state index is -4.46. The minimum absolute atomic E-state index is 0.0823. The third kappa shape index (κ3) is 4.58. The molecule has 0 unspecified atom stereocenters. The van der Waals surface area contributed by atoms with Crippen molar-refractivity contribution in [2.24, 2.45) is 0 Å². The molecule has 0 atom stereocenters. The van der Waals surface area contributed by atoms with E-state index in [4.69, 9.17) is 0 Å². The van der Waals surface area contributed by atoms with Gasteiger partial charge in [0.05, 0.1) is 10.5 Å². The standard InChI is InChI=1S/C17H18F3NO2S/c1-12(2)14-6-8-16(9-7-14)24(22,23)21-11-13-4-3-5-15(10-13)17(18,19)20/h3-10,12,21H,11H2,1-2H3. The fourth-order valence-electron chi connectivity index (χ4n) is 2.15. The molecular formula is C17H18F3NO2S. The molecule has 0 aliphatic rings. The van der Waals surface area contributed by atoms with Gasteiger partial charge in [0.1, 0.15) is 0 Å². The molecule has 1 N–H and O–H groups in total. The molecule has 0 bridgehead atoms. The van der Waals surface area contributed by atoms with Gasteiger partial charge in [0, 0.05) is 6.54 Å². The van der Waals surface area contributed by atoms with Crippen LogP contribution in [-0.2, 0) is 22.7 Å². The predicted octanol–water partition coefficient (Wildman–Crippen LogP) is 4.31. The van der Waals surface area contributed by atoms with E-state index in [0.29, 0.717) is 0 Å². The Kier molecular flexibility index (Phi) is 5.35. The molecule has 7 heteroatoms. The van der Waals surface area contributed by atoms with Crippen LogP contribution in [0.5, 0.6) is 0 Å². The first-order chi connectivity index (χ1) is 11.1. The summed E-state index contributed by atoms with van der Waals surface area (Å²) >= 11 is 0. The van der Waals surface area contributed by atoms with E-state index in [-0.39, 0.29) is 22.9 Å². The maximum Gasteiger partial charge on any atom is 0.416 e. The lowest BCUT2D eigenvalue weighted by atomic mass is 10.0. The van der Waals surface area contributed by atoms with Crippen LogP contribution in [0.15, 0.2) is 53.4 Å². The van der Waals surface area contributed by atoms with Crippen molar-refractivity contribution in [1.29, 1.82) is 0 Å². The topological polar surface area (TPSA) is 46.2 Å². The van der Waals surface area contributed by atoms with E-state index in [1.807, 2.05) is 13.8 Å². The van der Waals surface area contributed by atoms with Crippen LogP contribution in [-0.4, -0.2) is 8.42 Å². The van der Waals surface area contributed by atoms with Crippen molar-refractivity contribution in [2.75, 3.05) is 0 Å². The van der Waals surface area contributed by atoms with Gasteiger partial charge in [0.25, 0.3) is 0 Å². The van der Waals surface area contributed by atoms with Crippen molar-refractivity contribution < 1.29 is 21.6 Å². The van der Waals surface area contributed by atoms with Crippen LogP contribution in [0.3, 0.4) is 0 Å². The molecule has 2 aromatic rings. The molecule has 0 aliphatic heterocycles. The van der Waals surface area contributed by atoms with Gasteiger partial charge in [-0.1, -0.05) is 44.2 Å². The summed E-state index contributed by atoms with van der Waals surface area (Å²) in [5.74, 6) is 0.278. The Bertz CT molecular complexity index is 797. The number of rotatable bonds is 5. The van der Waals surface area contributed by atoms with Crippen molar-refractivity contribution in [3.8, 4) is 0 Å². The highest BCUT2D eigenvalue weighted by atomic mass is 32.2. The zero-order chi connectivity index (χ0) is 18.0. The Morgan fingerprint density at radius 3 is 2.21 bits per heavy atom. The van der Waals surface area contributed by atoms with Gasteiger partial charge >= 0.3 is 6.18 Å². The molecule has 130 valence electrons. The van der Waals surface area contributed by atoms with Crippen molar-refractivity contribution >= 4 is 10.0 Å². The second-order valence-electron chi connectivity index (χ2n) is 5.75. The summed E-state index contributed by atoms with van der Waals surface area (Å²) in [6.45, 7) is 3.78. The summed E-state index contributed by atoms with van der Waals surface area (Å²) in [6.07, 6.45) is -4.46.